The first kappa shape index (κ1) is 15.6. The van der Waals surface area contributed by atoms with Crippen LogP contribution in [0.2, 0.25) is 0 Å². The van der Waals surface area contributed by atoms with Crippen LogP contribution in [0.4, 0.5) is 10.1 Å². The quantitative estimate of drug-likeness (QED) is 0.921. The van der Waals surface area contributed by atoms with E-state index in [4.69, 9.17) is 0 Å². The lowest BCUT2D eigenvalue weighted by Crippen LogP contribution is -2.47. The summed E-state index contributed by atoms with van der Waals surface area (Å²) in [6, 6.07) is 4.11. The number of aliphatic hydroxyl groups excluding tert-OH is 1. The van der Waals surface area contributed by atoms with Crippen molar-refractivity contribution in [2.24, 2.45) is 0 Å². The van der Waals surface area contributed by atoms with Gasteiger partial charge in [0.1, 0.15) is 11.2 Å². The molecule has 4 nitrogen and oxygen atoms in total. The van der Waals surface area contributed by atoms with E-state index in [-0.39, 0.29) is 0 Å². The van der Waals surface area contributed by atoms with Gasteiger partial charge in [-0.2, -0.15) is 11.8 Å². The van der Waals surface area contributed by atoms with Crippen LogP contribution in [-0.4, -0.2) is 43.2 Å². The standard InChI is InChI=1S/C13H18FNO3S2/c1-9(16)11-7-10(14)3-4-12(11)15-5-6-19-8-13(15)20(2,17)18/h3-4,7,9,13,16H,5-6,8H2,1-2H3. The van der Waals surface area contributed by atoms with Crippen molar-refractivity contribution in [3.8, 4) is 0 Å². The molecule has 20 heavy (non-hydrogen) atoms. The van der Waals surface area contributed by atoms with Crippen molar-refractivity contribution in [3.63, 3.8) is 0 Å². The van der Waals surface area contributed by atoms with E-state index >= 15 is 0 Å². The van der Waals surface area contributed by atoms with Crippen molar-refractivity contribution in [1.29, 1.82) is 0 Å². The Morgan fingerprint density at radius 1 is 1.50 bits per heavy atom. The van der Waals surface area contributed by atoms with Gasteiger partial charge in [0.2, 0.25) is 0 Å². The minimum atomic E-state index is -3.25. The van der Waals surface area contributed by atoms with Crippen LogP contribution < -0.4 is 4.90 Å². The average molecular weight is 319 g/mol. The molecule has 1 aliphatic rings. The van der Waals surface area contributed by atoms with Gasteiger partial charge in [0.15, 0.2) is 9.84 Å². The molecule has 7 heteroatoms. The summed E-state index contributed by atoms with van der Waals surface area (Å²) >= 11 is 1.59. The molecule has 1 saturated heterocycles. The summed E-state index contributed by atoms with van der Waals surface area (Å²) in [5.41, 5.74) is 1.02. The molecule has 0 radical (unpaired) electrons. The lowest BCUT2D eigenvalue weighted by Gasteiger charge is -2.37. The second kappa shape index (κ2) is 5.91. The molecule has 1 fully saturated rings. The fourth-order valence-electron chi connectivity index (χ4n) is 2.33. The Balaban J connectivity index is 2.48. The third-order valence-electron chi connectivity index (χ3n) is 3.33. The smallest absolute Gasteiger partial charge is 0.169 e. The van der Waals surface area contributed by atoms with Crippen LogP contribution in [-0.2, 0) is 9.84 Å². The number of hydrogen-bond acceptors (Lipinski definition) is 5. The van der Waals surface area contributed by atoms with E-state index in [1.165, 1.54) is 18.4 Å². The SMILES string of the molecule is CC(O)c1cc(F)ccc1N1CCSCC1S(C)(=O)=O. The number of hydrogen-bond donors (Lipinski definition) is 1. The van der Waals surface area contributed by atoms with Gasteiger partial charge in [0.05, 0.1) is 6.10 Å². The van der Waals surface area contributed by atoms with E-state index in [2.05, 4.69) is 0 Å². The van der Waals surface area contributed by atoms with Crippen LogP contribution in [0.25, 0.3) is 0 Å². The van der Waals surface area contributed by atoms with Crippen LogP contribution in [0.15, 0.2) is 18.2 Å². The molecule has 1 aliphatic heterocycles. The Hall–Kier alpha value is -0.790. The molecule has 2 unspecified atom stereocenters. The normalized spacial score (nSPS) is 21.8. The molecule has 112 valence electrons. The molecule has 2 rings (SSSR count). The van der Waals surface area contributed by atoms with Gasteiger partial charge in [0.25, 0.3) is 0 Å². The van der Waals surface area contributed by atoms with Gasteiger partial charge in [-0.05, 0) is 25.1 Å². The Morgan fingerprint density at radius 3 is 2.80 bits per heavy atom. The molecule has 1 heterocycles. The number of benzene rings is 1. The number of sulfone groups is 1. The summed E-state index contributed by atoms with van der Waals surface area (Å²) in [6.07, 6.45) is 0.359. The van der Waals surface area contributed by atoms with Crippen LogP contribution in [0, 0.1) is 5.82 Å². The zero-order chi connectivity index (χ0) is 14.9. The van der Waals surface area contributed by atoms with Crippen molar-refractivity contribution < 1.29 is 17.9 Å². The molecular weight excluding hydrogens is 301 g/mol. The largest absolute Gasteiger partial charge is 0.389 e. The Labute approximate surface area is 122 Å². The van der Waals surface area contributed by atoms with Gasteiger partial charge in [-0.3, -0.25) is 0 Å². The lowest BCUT2D eigenvalue weighted by molar-refractivity contribution is 0.199. The zero-order valence-corrected chi connectivity index (χ0v) is 13.0. The second-order valence-corrected chi connectivity index (χ2v) is 8.28. The van der Waals surface area contributed by atoms with E-state index in [1.54, 1.807) is 29.7 Å². The molecule has 0 amide bonds. The van der Waals surface area contributed by atoms with Crippen molar-refractivity contribution in [1.82, 2.24) is 0 Å². The van der Waals surface area contributed by atoms with Crippen LogP contribution in [0.1, 0.15) is 18.6 Å². The van der Waals surface area contributed by atoms with Gasteiger partial charge in [-0.15, -0.1) is 0 Å². The summed E-state index contributed by atoms with van der Waals surface area (Å²) in [5.74, 6) is 0.852. The monoisotopic (exact) mass is 319 g/mol. The van der Waals surface area contributed by atoms with Crippen LogP contribution in [0.5, 0.6) is 0 Å². The molecule has 1 aromatic carbocycles. The van der Waals surface area contributed by atoms with Crippen LogP contribution >= 0.6 is 11.8 Å². The summed E-state index contributed by atoms with van der Waals surface area (Å²) in [6.45, 7) is 2.11. The summed E-state index contributed by atoms with van der Waals surface area (Å²) in [7, 11) is -3.25. The topological polar surface area (TPSA) is 57.6 Å². The summed E-state index contributed by atoms with van der Waals surface area (Å²) < 4.78 is 37.2. The maximum Gasteiger partial charge on any atom is 0.169 e. The first-order chi connectivity index (χ1) is 9.30. The highest BCUT2D eigenvalue weighted by Crippen LogP contribution is 2.32. The Morgan fingerprint density at radius 2 is 2.20 bits per heavy atom. The number of aliphatic hydroxyl groups is 1. The molecule has 0 saturated carbocycles. The van der Waals surface area contributed by atoms with Gasteiger partial charge in [0, 0.05) is 35.6 Å². The van der Waals surface area contributed by atoms with Gasteiger partial charge < -0.3 is 10.0 Å². The molecule has 0 aromatic heterocycles. The summed E-state index contributed by atoms with van der Waals surface area (Å²) in [4.78, 5) is 1.76. The molecule has 0 bridgehead atoms. The first-order valence-corrected chi connectivity index (χ1v) is 9.42. The van der Waals surface area contributed by atoms with Crippen molar-refractivity contribution in [3.05, 3.63) is 29.6 Å². The number of rotatable bonds is 3. The van der Waals surface area contributed by atoms with Crippen molar-refractivity contribution in [2.45, 2.75) is 18.4 Å². The van der Waals surface area contributed by atoms with E-state index in [1.807, 2.05) is 0 Å². The van der Waals surface area contributed by atoms with E-state index in [0.717, 1.165) is 5.75 Å². The first-order valence-electron chi connectivity index (χ1n) is 6.31. The number of anilines is 1. The lowest BCUT2D eigenvalue weighted by atomic mass is 10.1. The molecule has 0 aliphatic carbocycles. The van der Waals surface area contributed by atoms with Crippen LogP contribution in [0.3, 0.4) is 0 Å². The molecule has 1 aromatic rings. The second-order valence-electron chi connectivity index (χ2n) is 4.93. The highest BCUT2D eigenvalue weighted by atomic mass is 32.2. The maximum atomic E-state index is 13.4. The summed E-state index contributed by atoms with van der Waals surface area (Å²) in [5, 5.41) is 9.17. The zero-order valence-electron chi connectivity index (χ0n) is 11.4. The van der Waals surface area contributed by atoms with Crippen molar-refractivity contribution >= 4 is 27.3 Å². The van der Waals surface area contributed by atoms with E-state index in [0.29, 0.717) is 23.5 Å². The average Bonchev–Trinajstić information content (AvgIpc) is 2.37. The minimum absolute atomic E-state index is 0.422. The fourth-order valence-corrected chi connectivity index (χ4v) is 5.17. The van der Waals surface area contributed by atoms with Gasteiger partial charge in [-0.1, -0.05) is 0 Å². The maximum absolute atomic E-state index is 13.4. The number of halogens is 1. The highest BCUT2D eigenvalue weighted by molar-refractivity contribution is 8.01. The van der Waals surface area contributed by atoms with Gasteiger partial charge in [-0.25, -0.2) is 12.8 Å². The van der Waals surface area contributed by atoms with Crippen molar-refractivity contribution in [2.75, 3.05) is 29.2 Å². The Bertz CT molecular complexity index is 589. The molecular formula is C13H18FNO3S2. The third kappa shape index (κ3) is 3.27. The Kier molecular flexibility index (Phi) is 4.61. The predicted octanol–water partition coefficient (Wildman–Crippen LogP) is 1.80. The third-order valence-corrected chi connectivity index (χ3v) is 5.97. The van der Waals surface area contributed by atoms with E-state index in [9.17, 15) is 17.9 Å². The van der Waals surface area contributed by atoms with E-state index < -0.39 is 27.1 Å². The van der Waals surface area contributed by atoms with Gasteiger partial charge >= 0.3 is 0 Å². The fraction of sp³-hybridized carbons (Fsp3) is 0.538. The predicted molar refractivity (Wildman–Crippen MR) is 80.3 cm³/mol. The molecule has 2 atom stereocenters. The number of nitrogens with zero attached hydrogens (tertiary/aromatic N) is 1. The minimum Gasteiger partial charge on any atom is -0.389 e. The molecule has 1 N–H and O–H groups in total. The number of thioether (sulfide) groups is 1. The molecule has 0 spiro atoms. The highest BCUT2D eigenvalue weighted by Gasteiger charge is 2.32.